The van der Waals surface area contributed by atoms with Gasteiger partial charge in [-0.2, -0.15) is 0 Å². The number of pyridine rings is 1. The fourth-order valence-corrected chi connectivity index (χ4v) is 5.12. The number of benzene rings is 1. The maximum absolute atomic E-state index is 13.0. The number of hydrogen-bond donors (Lipinski definition) is 0. The van der Waals surface area contributed by atoms with Gasteiger partial charge in [-0.05, 0) is 37.3 Å². The van der Waals surface area contributed by atoms with E-state index in [0.29, 0.717) is 18.8 Å². The van der Waals surface area contributed by atoms with E-state index in [0.717, 1.165) is 24.2 Å². The van der Waals surface area contributed by atoms with Crippen molar-refractivity contribution in [3.63, 3.8) is 0 Å². The van der Waals surface area contributed by atoms with Crippen molar-refractivity contribution in [1.29, 1.82) is 0 Å². The number of likely N-dealkylation sites (tertiary alicyclic amines) is 1. The number of aryl methyl sites for hydroxylation is 1. The Bertz CT molecular complexity index is 1120. The molecule has 0 aliphatic carbocycles. The fourth-order valence-electron chi connectivity index (χ4n) is 5.12. The second-order valence-electron chi connectivity index (χ2n) is 8.52. The summed E-state index contributed by atoms with van der Waals surface area (Å²) in [6.45, 7) is 3.16. The van der Waals surface area contributed by atoms with Gasteiger partial charge in [0.1, 0.15) is 5.76 Å². The van der Waals surface area contributed by atoms with E-state index in [1.165, 1.54) is 5.56 Å². The molecule has 1 aromatic carbocycles. The van der Waals surface area contributed by atoms with Crippen LogP contribution in [0.15, 0.2) is 63.9 Å². The first-order valence-corrected chi connectivity index (χ1v) is 10.5. The van der Waals surface area contributed by atoms with E-state index in [4.69, 9.17) is 4.52 Å². The molecule has 0 saturated carbocycles. The van der Waals surface area contributed by atoms with Crippen LogP contribution in [0.4, 0.5) is 0 Å². The molecule has 4 heterocycles. The third kappa shape index (κ3) is 3.47. The number of aromatic nitrogens is 2. The van der Waals surface area contributed by atoms with Gasteiger partial charge in [0, 0.05) is 42.9 Å². The van der Waals surface area contributed by atoms with Crippen LogP contribution in [0.3, 0.4) is 0 Å². The van der Waals surface area contributed by atoms with E-state index in [1.54, 1.807) is 6.07 Å². The molecule has 2 aliphatic heterocycles. The zero-order valence-electron chi connectivity index (χ0n) is 17.0. The van der Waals surface area contributed by atoms with Crippen molar-refractivity contribution in [2.75, 3.05) is 13.1 Å². The Morgan fingerprint density at radius 2 is 1.97 bits per heavy atom. The number of fused-ring (bicyclic) bond motifs is 4. The lowest BCUT2D eigenvalue weighted by atomic mass is 9.76. The van der Waals surface area contributed by atoms with E-state index < -0.39 is 0 Å². The first-order valence-electron chi connectivity index (χ1n) is 10.5. The van der Waals surface area contributed by atoms with Crippen molar-refractivity contribution in [2.45, 2.75) is 38.1 Å². The monoisotopic (exact) mass is 403 g/mol. The molecule has 6 nitrogen and oxygen atoms in total. The Morgan fingerprint density at radius 1 is 1.13 bits per heavy atom. The number of nitrogens with zero attached hydrogens (tertiary/aromatic N) is 3. The highest BCUT2D eigenvalue weighted by Crippen LogP contribution is 2.42. The summed E-state index contributed by atoms with van der Waals surface area (Å²) in [6.07, 6.45) is 2.02. The minimum atomic E-state index is 0.0514. The summed E-state index contributed by atoms with van der Waals surface area (Å²) >= 11 is 0. The van der Waals surface area contributed by atoms with Crippen molar-refractivity contribution in [1.82, 2.24) is 14.6 Å². The van der Waals surface area contributed by atoms with Gasteiger partial charge in [-0.15, -0.1) is 0 Å². The van der Waals surface area contributed by atoms with E-state index in [-0.39, 0.29) is 35.8 Å². The third-order valence-corrected chi connectivity index (χ3v) is 6.44. The standard InChI is InChI=1S/C24H25N3O3/c1-16-10-20(30-25-16)13-24(29)26-14-18-12-19(15-26)22(11-17-6-3-2-4-7-17)27-21(18)8-5-9-23(27)28/h2-10,18-19,22H,11-15H2,1H3/t18-,19+,22+/m1/s1. The molecule has 0 spiro atoms. The number of piperidine rings is 1. The highest BCUT2D eigenvalue weighted by Gasteiger charge is 2.41. The molecule has 5 rings (SSSR count). The lowest BCUT2D eigenvalue weighted by molar-refractivity contribution is -0.133. The molecule has 1 fully saturated rings. The van der Waals surface area contributed by atoms with Crippen LogP contribution in [0.2, 0.25) is 0 Å². The lowest BCUT2D eigenvalue weighted by Crippen LogP contribution is -2.51. The molecule has 2 aromatic heterocycles. The number of hydrogen-bond acceptors (Lipinski definition) is 4. The third-order valence-electron chi connectivity index (χ3n) is 6.44. The SMILES string of the molecule is Cc1cc(CC(=O)N2C[C@H]3C[C@@H](C2)[C@H](Cc2ccccc2)n2c3cccc2=O)on1. The van der Waals surface area contributed by atoms with Crippen molar-refractivity contribution in [2.24, 2.45) is 5.92 Å². The molecule has 0 N–H and O–H groups in total. The average molecular weight is 403 g/mol. The number of carbonyl (C=O) groups is 1. The van der Waals surface area contributed by atoms with Gasteiger partial charge in [-0.3, -0.25) is 9.59 Å². The van der Waals surface area contributed by atoms with Crippen molar-refractivity contribution in [3.05, 3.63) is 87.7 Å². The highest BCUT2D eigenvalue weighted by molar-refractivity contribution is 5.78. The average Bonchev–Trinajstić information content (AvgIpc) is 3.16. The van der Waals surface area contributed by atoms with Crippen LogP contribution < -0.4 is 5.56 Å². The van der Waals surface area contributed by atoms with Crippen molar-refractivity contribution >= 4 is 5.91 Å². The van der Waals surface area contributed by atoms with Gasteiger partial charge >= 0.3 is 0 Å². The van der Waals surface area contributed by atoms with Gasteiger partial charge in [-0.1, -0.05) is 41.6 Å². The van der Waals surface area contributed by atoms with Crippen LogP contribution in [0.1, 0.15) is 41.1 Å². The normalized spacial score (nSPS) is 22.6. The fraction of sp³-hybridized carbons (Fsp3) is 0.375. The summed E-state index contributed by atoms with van der Waals surface area (Å²) in [4.78, 5) is 27.8. The van der Waals surface area contributed by atoms with Crippen molar-refractivity contribution < 1.29 is 9.32 Å². The molecule has 6 heteroatoms. The molecular formula is C24H25N3O3. The van der Waals surface area contributed by atoms with Gasteiger partial charge < -0.3 is 14.0 Å². The molecule has 0 unspecified atom stereocenters. The largest absolute Gasteiger partial charge is 0.361 e. The van der Waals surface area contributed by atoms with Gasteiger partial charge in [0.05, 0.1) is 12.1 Å². The Kier molecular flexibility index (Phi) is 4.77. The van der Waals surface area contributed by atoms with E-state index in [1.807, 2.05) is 52.8 Å². The summed E-state index contributed by atoms with van der Waals surface area (Å²) in [5.41, 5.74) is 3.10. The maximum Gasteiger partial charge on any atom is 0.251 e. The van der Waals surface area contributed by atoms with Crippen LogP contribution >= 0.6 is 0 Å². The van der Waals surface area contributed by atoms with Crippen LogP contribution in [-0.2, 0) is 17.6 Å². The van der Waals surface area contributed by atoms with Crippen LogP contribution in [0.25, 0.3) is 0 Å². The van der Waals surface area contributed by atoms with Gasteiger partial charge in [0.2, 0.25) is 5.91 Å². The number of carbonyl (C=O) groups excluding carboxylic acids is 1. The summed E-state index contributed by atoms with van der Waals surface area (Å²) in [5.74, 6) is 1.10. The number of rotatable bonds is 4. The summed E-state index contributed by atoms with van der Waals surface area (Å²) in [7, 11) is 0. The Morgan fingerprint density at radius 3 is 2.73 bits per heavy atom. The number of amides is 1. The summed E-state index contributed by atoms with van der Waals surface area (Å²) < 4.78 is 7.24. The maximum atomic E-state index is 13.0. The summed E-state index contributed by atoms with van der Waals surface area (Å²) in [6, 6.07) is 17.7. The Hall–Kier alpha value is -3.15. The molecule has 0 radical (unpaired) electrons. The zero-order chi connectivity index (χ0) is 20.7. The molecule has 3 aromatic rings. The topological polar surface area (TPSA) is 68.3 Å². The first-order chi connectivity index (χ1) is 14.6. The van der Waals surface area contributed by atoms with E-state index in [9.17, 15) is 9.59 Å². The minimum absolute atomic E-state index is 0.0514. The Labute approximate surface area is 175 Å². The van der Waals surface area contributed by atoms with Crippen molar-refractivity contribution in [3.8, 4) is 0 Å². The molecule has 154 valence electrons. The molecule has 30 heavy (non-hydrogen) atoms. The van der Waals surface area contributed by atoms with Crippen LogP contribution in [0, 0.1) is 12.8 Å². The summed E-state index contributed by atoms with van der Waals surface area (Å²) in [5, 5.41) is 3.89. The smallest absolute Gasteiger partial charge is 0.251 e. The van der Waals surface area contributed by atoms with Crippen LogP contribution in [0.5, 0.6) is 0 Å². The van der Waals surface area contributed by atoms with Gasteiger partial charge in [0.25, 0.3) is 5.56 Å². The molecule has 2 aliphatic rings. The predicted octanol–water partition coefficient (Wildman–Crippen LogP) is 3.12. The molecule has 1 amide bonds. The molecular weight excluding hydrogens is 378 g/mol. The quantitative estimate of drug-likeness (QED) is 0.671. The Balaban J connectivity index is 1.45. The highest BCUT2D eigenvalue weighted by atomic mass is 16.5. The molecule has 1 saturated heterocycles. The first kappa shape index (κ1) is 18.9. The van der Waals surface area contributed by atoms with Gasteiger partial charge in [-0.25, -0.2) is 0 Å². The predicted molar refractivity (Wildman–Crippen MR) is 112 cm³/mol. The molecule has 3 atom stereocenters. The second kappa shape index (κ2) is 7.59. The lowest BCUT2D eigenvalue weighted by Gasteiger charge is -2.47. The van der Waals surface area contributed by atoms with E-state index in [2.05, 4.69) is 17.3 Å². The molecule has 2 bridgehead atoms. The minimum Gasteiger partial charge on any atom is -0.361 e. The van der Waals surface area contributed by atoms with E-state index >= 15 is 0 Å². The second-order valence-corrected chi connectivity index (χ2v) is 8.52. The van der Waals surface area contributed by atoms with Crippen LogP contribution in [-0.4, -0.2) is 33.6 Å². The van der Waals surface area contributed by atoms with Gasteiger partial charge in [0.15, 0.2) is 0 Å². The zero-order valence-corrected chi connectivity index (χ0v) is 17.0.